The van der Waals surface area contributed by atoms with E-state index in [0.29, 0.717) is 0 Å². The molecule has 0 unspecified atom stereocenters. The van der Waals surface area contributed by atoms with E-state index in [-0.39, 0.29) is 0 Å². The van der Waals surface area contributed by atoms with Gasteiger partial charge < -0.3 is 18.0 Å². The van der Waals surface area contributed by atoms with Crippen molar-refractivity contribution in [2.24, 2.45) is 0 Å². The summed E-state index contributed by atoms with van der Waals surface area (Å²) in [6.45, 7) is 0. The van der Waals surface area contributed by atoms with Gasteiger partial charge in [-0.2, -0.15) is 0 Å². The summed E-state index contributed by atoms with van der Waals surface area (Å²) >= 11 is 0. The van der Waals surface area contributed by atoms with Gasteiger partial charge in [-0.25, -0.2) is 0 Å². The Morgan fingerprint density at radius 1 is 0.229 bits per heavy atom. The van der Waals surface area contributed by atoms with Gasteiger partial charge in [0.1, 0.15) is 22.3 Å². The number of hydrogen-bond acceptors (Lipinski definition) is 2. The first-order chi connectivity index (χ1) is 34.7. The second-order valence-electron chi connectivity index (χ2n) is 18.8. The highest BCUT2D eigenvalue weighted by atomic mass is 16.3. The largest absolute Gasteiger partial charge is 0.456 e. The standard InChI is InChI=1S/C66H38N2O2/c1-2-15-46-44(13-1)45-14-3-4-20-51(45)66-52(40-26-30-63-54(34-40)56-38-43(28-32-65(56)70-63)68-60-23-11-7-18-49(60)50-19-8-12-24-61(50)68)35-41(36-57(46)66)39-25-29-62-53(33-39)55-37-42(27-31-64(55)69-62)67-58-21-9-5-16-47(58)48-17-6-10-22-59(48)67/h1-38H. The minimum atomic E-state index is 0.867. The van der Waals surface area contributed by atoms with Gasteiger partial charge >= 0.3 is 0 Å². The summed E-state index contributed by atoms with van der Waals surface area (Å²) in [6.07, 6.45) is 0. The van der Waals surface area contributed by atoms with Crippen molar-refractivity contribution < 1.29 is 8.83 Å². The lowest BCUT2D eigenvalue weighted by molar-refractivity contribution is 0.668. The van der Waals surface area contributed by atoms with Gasteiger partial charge in [-0.05, 0) is 152 Å². The normalized spacial score (nSPS) is 12.3. The van der Waals surface area contributed by atoms with E-state index >= 15 is 0 Å². The van der Waals surface area contributed by atoms with E-state index < -0.39 is 0 Å². The van der Waals surface area contributed by atoms with Crippen LogP contribution < -0.4 is 0 Å². The first-order valence-electron chi connectivity index (χ1n) is 24.0. The maximum atomic E-state index is 6.62. The van der Waals surface area contributed by atoms with Crippen molar-refractivity contribution in [2.75, 3.05) is 0 Å². The Labute approximate surface area is 400 Å². The monoisotopic (exact) mass is 890 g/mol. The molecule has 16 aromatic rings. The average Bonchev–Trinajstić information content (AvgIpc) is 4.17. The van der Waals surface area contributed by atoms with E-state index in [9.17, 15) is 0 Å². The van der Waals surface area contributed by atoms with Gasteiger partial charge in [-0.1, -0.05) is 133 Å². The molecule has 0 aliphatic heterocycles. The molecule has 0 spiro atoms. The Morgan fingerprint density at radius 3 is 1.06 bits per heavy atom. The molecule has 12 aromatic carbocycles. The second-order valence-corrected chi connectivity index (χ2v) is 18.8. The highest BCUT2D eigenvalue weighted by Crippen LogP contribution is 2.46. The lowest BCUT2D eigenvalue weighted by Gasteiger charge is -2.17. The van der Waals surface area contributed by atoms with Crippen LogP contribution in [0.1, 0.15) is 0 Å². The molecule has 0 saturated heterocycles. The number of hydrogen-bond donors (Lipinski definition) is 0. The molecule has 4 aromatic heterocycles. The number of aromatic nitrogens is 2. The summed E-state index contributed by atoms with van der Waals surface area (Å²) in [6, 6.07) is 84.0. The molecule has 4 heterocycles. The van der Waals surface area contributed by atoms with Crippen molar-refractivity contribution in [1.82, 2.24) is 9.13 Å². The van der Waals surface area contributed by atoms with Crippen LogP contribution in [0, 0.1) is 0 Å². The Hall–Kier alpha value is -9.38. The average molecular weight is 891 g/mol. The number of benzene rings is 12. The zero-order valence-electron chi connectivity index (χ0n) is 37.7. The van der Waals surface area contributed by atoms with Crippen LogP contribution >= 0.6 is 0 Å². The minimum Gasteiger partial charge on any atom is -0.456 e. The van der Waals surface area contributed by atoms with Crippen molar-refractivity contribution in [3.05, 3.63) is 231 Å². The van der Waals surface area contributed by atoms with E-state index in [4.69, 9.17) is 8.83 Å². The molecule has 0 fully saturated rings. The van der Waals surface area contributed by atoms with Crippen LogP contribution in [0.4, 0.5) is 0 Å². The minimum absolute atomic E-state index is 0.867. The summed E-state index contributed by atoms with van der Waals surface area (Å²) in [7, 11) is 0. The van der Waals surface area contributed by atoms with Gasteiger partial charge in [0.05, 0.1) is 22.1 Å². The molecule has 0 atom stereocenters. The summed E-state index contributed by atoms with van der Waals surface area (Å²) < 4.78 is 18.0. The molecular weight excluding hydrogens is 853 g/mol. The molecule has 0 amide bonds. The van der Waals surface area contributed by atoms with Gasteiger partial charge in [0.2, 0.25) is 0 Å². The van der Waals surface area contributed by atoms with Gasteiger partial charge in [0.25, 0.3) is 0 Å². The number of rotatable bonds is 4. The fraction of sp³-hybridized carbons (Fsp3) is 0. The van der Waals surface area contributed by atoms with Gasteiger partial charge in [-0.3, -0.25) is 0 Å². The molecule has 0 aliphatic carbocycles. The molecule has 0 aliphatic rings. The third kappa shape index (κ3) is 5.25. The molecule has 4 nitrogen and oxygen atoms in total. The Kier molecular flexibility index (Phi) is 7.58. The predicted octanol–water partition coefficient (Wildman–Crippen LogP) is 18.5. The summed E-state index contributed by atoms with van der Waals surface area (Å²) in [5.74, 6) is 0. The molecule has 70 heavy (non-hydrogen) atoms. The first-order valence-corrected chi connectivity index (χ1v) is 24.0. The van der Waals surface area contributed by atoms with Gasteiger partial charge in [0, 0.05) is 54.5 Å². The molecule has 0 radical (unpaired) electrons. The third-order valence-electron chi connectivity index (χ3n) is 15.1. The Balaban J connectivity index is 0.925. The van der Waals surface area contributed by atoms with Crippen molar-refractivity contribution in [3.8, 4) is 33.6 Å². The molecule has 0 N–H and O–H groups in total. The van der Waals surface area contributed by atoms with E-state index in [2.05, 4.69) is 240 Å². The number of fused-ring (bicyclic) bond motifs is 18. The van der Waals surface area contributed by atoms with Crippen molar-refractivity contribution in [3.63, 3.8) is 0 Å². The summed E-state index contributed by atoms with van der Waals surface area (Å²) in [4.78, 5) is 0. The van der Waals surface area contributed by atoms with Crippen molar-refractivity contribution in [2.45, 2.75) is 0 Å². The molecule has 324 valence electrons. The molecule has 4 heteroatoms. The highest BCUT2D eigenvalue weighted by Gasteiger charge is 2.20. The molecule has 16 rings (SSSR count). The van der Waals surface area contributed by atoms with Crippen LogP contribution in [0.15, 0.2) is 239 Å². The topological polar surface area (TPSA) is 36.1 Å². The van der Waals surface area contributed by atoms with E-state index in [1.807, 2.05) is 0 Å². The van der Waals surface area contributed by atoms with E-state index in [0.717, 1.165) is 71.9 Å². The SMILES string of the molecule is c1ccc2c(c1)c1ccccc1c1c(-c3ccc4oc5ccc(-n6c7ccccc7c7ccccc76)cc5c4c3)cc(-c3ccc4oc5ccc(-n6c7ccccc7c7ccccc76)cc5c4c3)cc21. The number of furan rings is 2. The summed E-state index contributed by atoms with van der Waals surface area (Å²) in [5.41, 5.74) is 15.0. The van der Waals surface area contributed by atoms with Crippen molar-refractivity contribution >= 4 is 120 Å². The smallest absolute Gasteiger partial charge is 0.135 e. The fourth-order valence-electron chi connectivity index (χ4n) is 12.0. The lowest BCUT2D eigenvalue weighted by Crippen LogP contribution is -1.93. The van der Waals surface area contributed by atoms with Crippen LogP contribution in [-0.2, 0) is 0 Å². The number of para-hydroxylation sites is 4. The first kappa shape index (κ1) is 37.7. The maximum absolute atomic E-state index is 6.62. The van der Waals surface area contributed by atoms with Crippen LogP contribution in [0.5, 0.6) is 0 Å². The molecule has 0 bridgehead atoms. The van der Waals surface area contributed by atoms with Crippen molar-refractivity contribution in [1.29, 1.82) is 0 Å². The molecular formula is C66H38N2O2. The predicted molar refractivity (Wildman–Crippen MR) is 293 cm³/mol. The zero-order valence-corrected chi connectivity index (χ0v) is 37.7. The highest BCUT2D eigenvalue weighted by molar-refractivity contribution is 6.29. The quantitative estimate of drug-likeness (QED) is 0.165. The Morgan fingerprint density at radius 2 is 0.571 bits per heavy atom. The maximum Gasteiger partial charge on any atom is 0.135 e. The van der Waals surface area contributed by atoms with Crippen LogP contribution in [0.25, 0.3) is 153 Å². The fourth-order valence-corrected chi connectivity index (χ4v) is 12.0. The summed E-state index contributed by atoms with van der Waals surface area (Å²) in [5, 5.41) is 16.7. The lowest BCUT2D eigenvalue weighted by atomic mass is 9.86. The van der Waals surface area contributed by atoms with E-state index in [1.165, 1.54) is 81.5 Å². The molecule has 0 saturated carbocycles. The van der Waals surface area contributed by atoms with Crippen LogP contribution in [-0.4, -0.2) is 9.13 Å². The zero-order chi connectivity index (χ0) is 45.6. The van der Waals surface area contributed by atoms with E-state index in [1.54, 1.807) is 0 Å². The van der Waals surface area contributed by atoms with Crippen LogP contribution in [0.2, 0.25) is 0 Å². The Bertz CT molecular complexity index is 4800. The van der Waals surface area contributed by atoms with Crippen LogP contribution in [0.3, 0.4) is 0 Å². The number of nitrogens with zero attached hydrogens (tertiary/aromatic N) is 2. The third-order valence-corrected chi connectivity index (χ3v) is 15.1. The van der Waals surface area contributed by atoms with Gasteiger partial charge in [0.15, 0.2) is 0 Å². The second kappa shape index (κ2) is 14.1. The van der Waals surface area contributed by atoms with Gasteiger partial charge in [-0.15, -0.1) is 0 Å².